The van der Waals surface area contributed by atoms with E-state index in [9.17, 15) is 9.59 Å². The lowest BCUT2D eigenvalue weighted by Crippen LogP contribution is -2.44. The first-order chi connectivity index (χ1) is 9.06. The third-order valence-corrected chi connectivity index (χ3v) is 3.93. The first-order valence-corrected chi connectivity index (χ1v) is 6.57. The quantitative estimate of drug-likeness (QED) is 0.786. The molecule has 0 atom stereocenters. The molecule has 1 saturated heterocycles. The number of benzene rings is 1. The third kappa shape index (κ3) is 2.09. The van der Waals surface area contributed by atoms with Gasteiger partial charge in [0.05, 0.1) is 22.0 Å². The van der Waals surface area contributed by atoms with E-state index in [0.29, 0.717) is 16.3 Å². The van der Waals surface area contributed by atoms with E-state index in [1.165, 1.54) is 0 Å². The number of rotatable bonds is 1. The lowest BCUT2D eigenvalue weighted by atomic mass is 10.1. The number of carbonyl (C=O) groups excluding carboxylic acids is 2. The minimum absolute atomic E-state index is 0.368. The minimum atomic E-state index is -0.582. The molecular weight excluding hydrogens is 266 g/mol. The summed E-state index contributed by atoms with van der Waals surface area (Å²) >= 11 is 6.24. The number of fused-ring (bicyclic) bond motifs is 1. The highest BCUT2D eigenvalue weighted by atomic mass is 35.5. The number of anilines is 2. The Kier molecular flexibility index (Phi) is 2.95. The van der Waals surface area contributed by atoms with Crippen molar-refractivity contribution < 1.29 is 9.59 Å². The molecule has 19 heavy (non-hydrogen) atoms. The van der Waals surface area contributed by atoms with Gasteiger partial charge in [0.2, 0.25) is 0 Å². The second-order valence-electron chi connectivity index (χ2n) is 4.92. The van der Waals surface area contributed by atoms with E-state index >= 15 is 0 Å². The molecule has 2 aliphatic heterocycles. The molecule has 1 aromatic rings. The van der Waals surface area contributed by atoms with E-state index in [1.54, 1.807) is 12.1 Å². The number of carbonyl (C=O) groups is 2. The van der Waals surface area contributed by atoms with Crippen LogP contribution < -0.4 is 10.2 Å². The lowest BCUT2D eigenvalue weighted by Gasteiger charge is -2.34. The van der Waals surface area contributed by atoms with E-state index in [0.717, 1.165) is 31.9 Å². The average Bonchev–Trinajstić information content (AvgIpc) is 2.66. The van der Waals surface area contributed by atoms with Crippen molar-refractivity contribution in [3.8, 4) is 0 Å². The number of piperazine rings is 1. The van der Waals surface area contributed by atoms with Crippen molar-refractivity contribution >= 4 is 34.7 Å². The highest BCUT2D eigenvalue weighted by Gasteiger charge is 2.30. The van der Waals surface area contributed by atoms with Gasteiger partial charge in [-0.3, -0.25) is 9.59 Å². The zero-order valence-electron chi connectivity index (χ0n) is 10.6. The predicted molar refractivity (Wildman–Crippen MR) is 74.1 cm³/mol. The number of Topliss-reactive ketones (excluding diaryl/α,β-unsaturated/α-hetero) is 1. The summed E-state index contributed by atoms with van der Waals surface area (Å²) in [5.74, 6) is -1.09. The van der Waals surface area contributed by atoms with Gasteiger partial charge in [-0.25, -0.2) is 0 Å². The van der Waals surface area contributed by atoms with Gasteiger partial charge in [0.15, 0.2) is 0 Å². The van der Waals surface area contributed by atoms with Crippen LogP contribution in [0, 0.1) is 0 Å². The fraction of sp³-hybridized carbons (Fsp3) is 0.385. The number of amides is 1. The van der Waals surface area contributed by atoms with Gasteiger partial charge < -0.3 is 15.1 Å². The van der Waals surface area contributed by atoms with E-state index in [4.69, 9.17) is 11.6 Å². The molecule has 1 amide bonds. The van der Waals surface area contributed by atoms with Gasteiger partial charge in [-0.1, -0.05) is 11.6 Å². The normalized spacial score (nSPS) is 19.6. The summed E-state index contributed by atoms with van der Waals surface area (Å²) < 4.78 is 0. The molecule has 3 rings (SSSR count). The van der Waals surface area contributed by atoms with Crippen LogP contribution >= 0.6 is 11.6 Å². The second-order valence-corrected chi connectivity index (χ2v) is 5.33. The molecule has 0 aliphatic carbocycles. The van der Waals surface area contributed by atoms with Crippen molar-refractivity contribution in [2.24, 2.45) is 0 Å². The summed E-state index contributed by atoms with van der Waals surface area (Å²) in [6.07, 6.45) is 0. The first-order valence-electron chi connectivity index (χ1n) is 6.19. The van der Waals surface area contributed by atoms with Crippen LogP contribution in [-0.4, -0.2) is 49.8 Å². The van der Waals surface area contributed by atoms with Gasteiger partial charge in [-0.2, -0.15) is 0 Å². The van der Waals surface area contributed by atoms with Crippen molar-refractivity contribution in [1.82, 2.24) is 4.90 Å². The van der Waals surface area contributed by atoms with Crippen LogP contribution in [0.15, 0.2) is 12.1 Å². The molecule has 100 valence electrons. The third-order valence-electron chi connectivity index (χ3n) is 3.63. The van der Waals surface area contributed by atoms with E-state index in [-0.39, 0.29) is 0 Å². The molecule has 1 fully saturated rings. The van der Waals surface area contributed by atoms with Gasteiger partial charge in [-0.05, 0) is 19.2 Å². The summed E-state index contributed by atoms with van der Waals surface area (Å²) in [6.45, 7) is 3.71. The van der Waals surface area contributed by atoms with Crippen molar-refractivity contribution in [3.63, 3.8) is 0 Å². The van der Waals surface area contributed by atoms with Crippen LogP contribution in [-0.2, 0) is 4.79 Å². The number of halogens is 1. The predicted octanol–water partition coefficient (Wildman–Crippen LogP) is 1.23. The monoisotopic (exact) mass is 279 g/mol. The lowest BCUT2D eigenvalue weighted by molar-refractivity contribution is -0.112. The van der Waals surface area contributed by atoms with E-state index < -0.39 is 11.7 Å². The first kappa shape index (κ1) is 12.4. The number of nitrogens with one attached hydrogen (secondary N) is 1. The van der Waals surface area contributed by atoms with Crippen LogP contribution in [0.1, 0.15) is 10.4 Å². The molecule has 6 heteroatoms. The molecule has 0 bridgehead atoms. The summed E-state index contributed by atoms with van der Waals surface area (Å²) in [4.78, 5) is 27.4. The maximum atomic E-state index is 11.6. The Morgan fingerprint density at radius 1 is 1.16 bits per heavy atom. The Morgan fingerprint density at radius 3 is 2.53 bits per heavy atom. The average molecular weight is 280 g/mol. The van der Waals surface area contributed by atoms with Crippen LogP contribution in [0.25, 0.3) is 0 Å². The van der Waals surface area contributed by atoms with Gasteiger partial charge >= 0.3 is 0 Å². The van der Waals surface area contributed by atoms with Crippen molar-refractivity contribution in [3.05, 3.63) is 22.7 Å². The summed E-state index contributed by atoms with van der Waals surface area (Å²) in [7, 11) is 2.08. The maximum Gasteiger partial charge on any atom is 0.296 e. The molecule has 0 radical (unpaired) electrons. The molecular formula is C13H14ClN3O2. The summed E-state index contributed by atoms with van der Waals surface area (Å²) in [5, 5.41) is 3.10. The van der Waals surface area contributed by atoms with Crippen LogP contribution in [0.2, 0.25) is 5.02 Å². The van der Waals surface area contributed by atoms with Crippen molar-refractivity contribution in [1.29, 1.82) is 0 Å². The molecule has 0 aromatic heterocycles. The number of hydrogen-bond donors (Lipinski definition) is 1. The smallest absolute Gasteiger partial charge is 0.296 e. The van der Waals surface area contributed by atoms with E-state index in [2.05, 4.69) is 22.2 Å². The molecule has 2 aliphatic rings. The van der Waals surface area contributed by atoms with Crippen molar-refractivity contribution in [2.45, 2.75) is 0 Å². The fourth-order valence-corrected chi connectivity index (χ4v) is 2.73. The largest absolute Gasteiger partial charge is 0.368 e. The van der Waals surface area contributed by atoms with Crippen molar-refractivity contribution in [2.75, 3.05) is 43.4 Å². The maximum absolute atomic E-state index is 11.6. The Hall–Kier alpha value is -1.59. The standard InChI is InChI=1S/C13H14ClN3O2/c1-16-2-4-17(5-3-16)11-7-10-8(6-9(11)14)12(18)13(19)15-10/h6-7H,2-5H2,1H3,(H,15,18,19). The molecule has 0 unspecified atom stereocenters. The zero-order chi connectivity index (χ0) is 13.6. The Labute approximate surface area is 116 Å². The number of ketones is 1. The van der Waals surface area contributed by atoms with Gasteiger partial charge in [0.25, 0.3) is 11.7 Å². The zero-order valence-corrected chi connectivity index (χ0v) is 11.3. The van der Waals surface area contributed by atoms with Gasteiger partial charge in [-0.15, -0.1) is 0 Å². The molecule has 0 spiro atoms. The van der Waals surface area contributed by atoms with Gasteiger partial charge in [0, 0.05) is 26.2 Å². The second kappa shape index (κ2) is 4.51. The summed E-state index contributed by atoms with van der Waals surface area (Å²) in [5.41, 5.74) is 1.81. The Bertz CT molecular complexity index is 565. The molecule has 5 nitrogen and oxygen atoms in total. The fourth-order valence-electron chi connectivity index (χ4n) is 2.44. The molecule has 2 heterocycles. The topological polar surface area (TPSA) is 52.7 Å². The van der Waals surface area contributed by atoms with E-state index in [1.807, 2.05) is 0 Å². The number of nitrogens with zero attached hydrogens (tertiary/aromatic N) is 2. The number of hydrogen-bond acceptors (Lipinski definition) is 4. The highest BCUT2D eigenvalue weighted by molar-refractivity contribution is 6.52. The highest BCUT2D eigenvalue weighted by Crippen LogP contribution is 2.35. The summed E-state index contributed by atoms with van der Waals surface area (Å²) in [6, 6.07) is 3.39. The van der Waals surface area contributed by atoms with Crippen LogP contribution in [0.3, 0.4) is 0 Å². The minimum Gasteiger partial charge on any atom is -0.368 e. The molecule has 0 saturated carbocycles. The Morgan fingerprint density at radius 2 is 1.84 bits per heavy atom. The Balaban J connectivity index is 1.94. The van der Waals surface area contributed by atoms with Gasteiger partial charge in [0.1, 0.15) is 0 Å². The number of likely N-dealkylation sites (N-methyl/N-ethyl adjacent to an activating group) is 1. The molecule has 1 aromatic carbocycles. The van der Waals surface area contributed by atoms with Crippen LogP contribution in [0.5, 0.6) is 0 Å². The molecule has 1 N–H and O–H groups in total. The SMILES string of the molecule is CN1CCN(c2cc3c(cc2Cl)C(=O)C(=O)N3)CC1. The van der Waals surface area contributed by atoms with Crippen LogP contribution in [0.4, 0.5) is 11.4 Å².